The molecule has 2 heterocycles. The van der Waals surface area contributed by atoms with E-state index in [0.29, 0.717) is 30.3 Å². The lowest BCUT2D eigenvalue weighted by atomic mass is 10.0. The average Bonchev–Trinajstić information content (AvgIpc) is 2.82. The van der Waals surface area contributed by atoms with Gasteiger partial charge in [-0.1, -0.05) is 24.2 Å². The summed E-state index contributed by atoms with van der Waals surface area (Å²) in [5, 5.41) is 4.69. The lowest BCUT2D eigenvalue weighted by Gasteiger charge is -2.29. The van der Waals surface area contributed by atoms with Crippen LogP contribution in [0.1, 0.15) is 25.5 Å². The Morgan fingerprint density at radius 1 is 1.30 bits per heavy atom. The fraction of sp³-hybridized carbons (Fsp3) is 0.500. The Labute approximate surface area is 118 Å². The highest BCUT2D eigenvalue weighted by Gasteiger charge is 2.28. The summed E-state index contributed by atoms with van der Waals surface area (Å²) in [5.74, 6) is 0.521. The van der Waals surface area contributed by atoms with Crippen molar-refractivity contribution in [3.05, 3.63) is 30.0 Å². The normalized spacial score (nSPS) is 18.6. The lowest BCUT2D eigenvalue weighted by molar-refractivity contribution is 0.287. The van der Waals surface area contributed by atoms with E-state index in [-0.39, 0.29) is 5.75 Å². The average molecular weight is 294 g/mol. The first-order valence-electron chi connectivity index (χ1n) is 6.87. The van der Waals surface area contributed by atoms with Crippen LogP contribution in [0.4, 0.5) is 0 Å². The third-order valence-corrected chi connectivity index (χ3v) is 5.70. The van der Waals surface area contributed by atoms with E-state index in [1.165, 1.54) is 0 Å². The lowest BCUT2D eigenvalue weighted by Crippen LogP contribution is -2.38. The van der Waals surface area contributed by atoms with Crippen LogP contribution in [0.25, 0.3) is 11.0 Å². The summed E-state index contributed by atoms with van der Waals surface area (Å²) in [6, 6.07) is 7.34. The summed E-state index contributed by atoms with van der Waals surface area (Å²) >= 11 is 0. The van der Waals surface area contributed by atoms with Crippen LogP contribution < -0.4 is 0 Å². The standard InChI is InChI=1S/C14H18N2O3S/c1-11-6-8-16(9-7-11)20(17,18)10-13-12-4-2-3-5-14(12)19-15-13/h2-5,11H,6-10H2,1H3. The fourth-order valence-corrected chi connectivity index (χ4v) is 4.07. The van der Waals surface area contributed by atoms with Gasteiger partial charge < -0.3 is 4.52 Å². The number of sulfonamides is 1. The van der Waals surface area contributed by atoms with Crippen LogP contribution >= 0.6 is 0 Å². The van der Waals surface area contributed by atoms with Crippen molar-refractivity contribution < 1.29 is 12.9 Å². The second kappa shape index (κ2) is 5.18. The monoisotopic (exact) mass is 294 g/mol. The van der Waals surface area contributed by atoms with Crippen LogP contribution in [0.2, 0.25) is 0 Å². The third kappa shape index (κ3) is 2.58. The molecular weight excluding hydrogens is 276 g/mol. The van der Waals surface area contributed by atoms with E-state index in [1.807, 2.05) is 18.2 Å². The molecule has 108 valence electrons. The molecule has 0 atom stereocenters. The second-order valence-electron chi connectivity index (χ2n) is 5.46. The van der Waals surface area contributed by atoms with Gasteiger partial charge in [-0.05, 0) is 30.9 Å². The first kappa shape index (κ1) is 13.6. The maximum Gasteiger partial charge on any atom is 0.220 e. The van der Waals surface area contributed by atoms with Gasteiger partial charge in [0.1, 0.15) is 11.4 Å². The molecule has 0 spiro atoms. The van der Waals surface area contributed by atoms with Crippen molar-refractivity contribution >= 4 is 21.0 Å². The second-order valence-corrected chi connectivity index (χ2v) is 7.43. The Morgan fingerprint density at radius 2 is 2.00 bits per heavy atom. The van der Waals surface area contributed by atoms with Crippen LogP contribution in [0.15, 0.2) is 28.8 Å². The van der Waals surface area contributed by atoms with Crippen molar-refractivity contribution in [2.45, 2.75) is 25.5 Å². The maximum absolute atomic E-state index is 12.4. The molecule has 2 aromatic rings. The molecule has 1 aromatic carbocycles. The number of hydrogen-bond donors (Lipinski definition) is 0. The maximum atomic E-state index is 12.4. The Balaban J connectivity index is 1.83. The quantitative estimate of drug-likeness (QED) is 0.872. The summed E-state index contributed by atoms with van der Waals surface area (Å²) in [4.78, 5) is 0. The molecule has 0 N–H and O–H groups in total. The van der Waals surface area contributed by atoms with E-state index in [2.05, 4.69) is 12.1 Å². The first-order chi connectivity index (χ1) is 9.56. The van der Waals surface area contributed by atoms with Crippen molar-refractivity contribution in [2.24, 2.45) is 5.92 Å². The predicted octanol–water partition coefficient (Wildman–Crippen LogP) is 2.39. The van der Waals surface area contributed by atoms with Crippen molar-refractivity contribution in [1.82, 2.24) is 9.46 Å². The molecule has 0 radical (unpaired) electrons. The topological polar surface area (TPSA) is 63.4 Å². The van der Waals surface area contributed by atoms with Gasteiger partial charge in [0.25, 0.3) is 0 Å². The first-order valence-corrected chi connectivity index (χ1v) is 8.48. The molecular formula is C14H18N2O3S. The number of fused-ring (bicyclic) bond motifs is 1. The number of piperidine rings is 1. The zero-order chi connectivity index (χ0) is 14.2. The zero-order valence-electron chi connectivity index (χ0n) is 11.4. The fourth-order valence-electron chi connectivity index (χ4n) is 2.57. The minimum Gasteiger partial charge on any atom is -0.356 e. The van der Waals surface area contributed by atoms with E-state index in [1.54, 1.807) is 10.4 Å². The molecule has 6 heteroatoms. The Hall–Kier alpha value is -1.40. The molecule has 5 nitrogen and oxygen atoms in total. The minimum atomic E-state index is -3.31. The van der Waals surface area contributed by atoms with Crippen LogP contribution in [0.3, 0.4) is 0 Å². The molecule has 1 fully saturated rings. The summed E-state index contributed by atoms with van der Waals surface area (Å²) in [6.45, 7) is 3.38. The van der Waals surface area contributed by atoms with Gasteiger partial charge in [-0.3, -0.25) is 0 Å². The van der Waals surface area contributed by atoms with E-state index >= 15 is 0 Å². The summed E-state index contributed by atoms with van der Waals surface area (Å²) in [6.07, 6.45) is 1.86. The van der Waals surface area contributed by atoms with Gasteiger partial charge in [-0.2, -0.15) is 0 Å². The molecule has 1 aliphatic rings. The van der Waals surface area contributed by atoms with Gasteiger partial charge in [-0.25, -0.2) is 12.7 Å². The molecule has 0 unspecified atom stereocenters. The van der Waals surface area contributed by atoms with E-state index < -0.39 is 10.0 Å². The van der Waals surface area contributed by atoms with Gasteiger partial charge in [0.2, 0.25) is 10.0 Å². The SMILES string of the molecule is CC1CCN(S(=O)(=O)Cc2noc3ccccc23)CC1. The van der Waals surface area contributed by atoms with Gasteiger partial charge in [0, 0.05) is 18.5 Å². The summed E-state index contributed by atoms with van der Waals surface area (Å²) < 4.78 is 31.6. The number of rotatable bonds is 3. The minimum absolute atomic E-state index is 0.0849. The van der Waals surface area contributed by atoms with E-state index in [9.17, 15) is 8.42 Å². The predicted molar refractivity (Wildman–Crippen MR) is 76.6 cm³/mol. The Bertz CT molecular complexity index is 700. The van der Waals surface area contributed by atoms with Gasteiger partial charge in [-0.15, -0.1) is 0 Å². The summed E-state index contributed by atoms with van der Waals surface area (Å²) in [5.41, 5.74) is 1.13. The van der Waals surface area contributed by atoms with E-state index in [0.717, 1.165) is 18.2 Å². The largest absolute Gasteiger partial charge is 0.356 e. The van der Waals surface area contributed by atoms with Crippen molar-refractivity contribution in [2.75, 3.05) is 13.1 Å². The Morgan fingerprint density at radius 3 is 2.75 bits per heavy atom. The molecule has 0 aliphatic carbocycles. The third-order valence-electron chi connectivity index (χ3n) is 3.91. The molecule has 0 amide bonds. The van der Waals surface area contributed by atoms with Crippen molar-refractivity contribution in [3.63, 3.8) is 0 Å². The number of aromatic nitrogens is 1. The summed E-state index contributed by atoms with van der Waals surface area (Å²) in [7, 11) is -3.31. The molecule has 1 saturated heterocycles. The molecule has 0 bridgehead atoms. The number of hydrogen-bond acceptors (Lipinski definition) is 4. The molecule has 3 rings (SSSR count). The van der Waals surface area contributed by atoms with Crippen molar-refractivity contribution in [3.8, 4) is 0 Å². The van der Waals surface area contributed by atoms with Gasteiger partial charge in [0.05, 0.1) is 0 Å². The van der Waals surface area contributed by atoms with Crippen LogP contribution in [0, 0.1) is 5.92 Å². The highest BCUT2D eigenvalue weighted by atomic mass is 32.2. The number of benzene rings is 1. The molecule has 1 aromatic heterocycles. The van der Waals surface area contributed by atoms with Crippen molar-refractivity contribution in [1.29, 1.82) is 0 Å². The highest BCUT2D eigenvalue weighted by Crippen LogP contribution is 2.24. The molecule has 1 aliphatic heterocycles. The smallest absolute Gasteiger partial charge is 0.220 e. The number of para-hydroxylation sites is 1. The van der Waals surface area contributed by atoms with Gasteiger partial charge in [0.15, 0.2) is 5.58 Å². The highest BCUT2D eigenvalue weighted by molar-refractivity contribution is 7.88. The zero-order valence-corrected chi connectivity index (χ0v) is 12.3. The number of nitrogens with zero attached hydrogens (tertiary/aromatic N) is 2. The molecule has 20 heavy (non-hydrogen) atoms. The van der Waals surface area contributed by atoms with E-state index in [4.69, 9.17) is 4.52 Å². The van der Waals surface area contributed by atoms with Crippen LogP contribution in [-0.2, 0) is 15.8 Å². The molecule has 0 saturated carbocycles. The Kier molecular flexibility index (Phi) is 3.52. The van der Waals surface area contributed by atoms with Crippen LogP contribution in [0.5, 0.6) is 0 Å². The van der Waals surface area contributed by atoms with Gasteiger partial charge >= 0.3 is 0 Å². The van der Waals surface area contributed by atoms with Crippen LogP contribution in [-0.4, -0.2) is 31.0 Å².